The second kappa shape index (κ2) is 7.34. The maximum atomic E-state index is 14.2. The van der Waals surface area contributed by atoms with Crippen LogP contribution >= 0.6 is 0 Å². The SMILES string of the molecule is O=C1C=c2ncnc(NCc3cccc(C(F)F)c3F)c2=C/[N+]1=C1/C[C@@H]1C(F)F. The standard InChI is InChI=1S/C19H13F5N4O/c20-16-9(2-1-3-10(16)17(21)22)6-25-19-12-7-28(14-4-11(14)18(23)24)15(29)5-13(12)26-8-27-19/h1-3,5,7-8,11,17-18H,4,6H2/p+1/b28-14+/t11-/m0/s1. The smallest absolute Gasteiger partial charge is 0.365 e. The third-order valence-electron chi connectivity index (χ3n) is 4.77. The van der Waals surface area contributed by atoms with Crippen molar-refractivity contribution in [3.05, 3.63) is 52.0 Å². The first-order valence-electron chi connectivity index (χ1n) is 8.67. The van der Waals surface area contributed by atoms with E-state index in [0.29, 0.717) is 10.9 Å². The Morgan fingerprint density at radius 3 is 2.69 bits per heavy atom. The van der Waals surface area contributed by atoms with Gasteiger partial charge in [0.25, 0.3) is 12.9 Å². The third kappa shape index (κ3) is 3.62. The molecule has 2 heterocycles. The number of rotatable bonds is 5. The predicted octanol–water partition coefficient (Wildman–Crippen LogP) is 1.96. The molecule has 1 aliphatic heterocycles. The van der Waals surface area contributed by atoms with Crippen LogP contribution in [0.3, 0.4) is 0 Å². The fraction of sp³-hybridized carbons (Fsp3) is 0.263. The summed E-state index contributed by atoms with van der Waals surface area (Å²) in [5, 5.41) is 3.49. The van der Waals surface area contributed by atoms with Crippen molar-refractivity contribution in [3.8, 4) is 0 Å². The molecule has 1 aliphatic carbocycles. The van der Waals surface area contributed by atoms with Gasteiger partial charge in [-0.05, 0) is 0 Å². The second-order valence-corrected chi connectivity index (χ2v) is 6.61. The Labute approximate surface area is 160 Å². The van der Waals surface area contributed by atoms with E-state index in [-0.39, 0.29) is 29.7 Å². The molecule has 2 aliphatic rings. The van der Waals surface area contributed by atoms with Crippen LogP contribution in [-0.2, 0) is 11.3 Å². The molecular formula is C19H14F5N4O+. The second-order valence-electron chi connectivity index (χ2n) is 6.61. The van der Waals surface area contributed by atoms with Crippen LogP contribution in [0.25, 0.3) is 12.3 Å². The van der Waals surface area contributed by atoms with Gasteiger partial charge in [0.2, 0.25) is 0 Å². The Bertz CT molecular complexity index is 1150. The number of nitrogens with zero attached hydrogens (tertiary/aromatic N) is 3. The molecule has 5 nitrogen and oxygen atoms in total. The molecular weight excluding hydrogens is 395 g/mol. The van der Waals surface area contributed by atoms with Crippen molar-refractivity contribution in [1.29, 1.82) is 0 Å². The average Bonchev–Trinajstić information content (AvgIpc) is 3.47. The van der Waals surface area contributed by atoms with Crippen LogP contribution in [0.2, 0.25) is 0 Å². The summed E-state index contributed by atoms with van der Waals surface area (Å²) in [5.41, 5.74) is -0.386. The van der Waals surface area contributed by atoms with E-state index in [4.69, 9.17) is 0 Å². The molecule has 0 saturated heterocycles. The molecule has 0 spiro atoms. The first kappa shape index (κ1) is 19.2. The van der Waals surface area contributed by atoms with E-state index in [1.807, 2.05) is 0 Å². The molecule has 2 aromatic rings. The third-order valence-corrected chi connectivity index (χ3v) is 4.77. The van der Waals surface area contributed by atoms with Gasteiger partial charge >= 0.3 is 5.91 Å². The molecule has 1 aromatic heterocycles. The minimum atomic E-state index is -2.94. The van der Waals surface area contributed by atoms with E-state index in [9.17, 15) is 26.7 Å². The number of benzene rings is 1. The summed E-state index contributed by atoms with van der Waals surface area (Å²) >= 11 is 0. The lowest BCUT2D eigenvalue weighted by Crippen LogP contribution is -2.40. The number of nitrogens with one attached hydrogen (secondary N) is 1. The van der Waals surface area contributed by atoms with Crippen molar-refractivity contribution in [1.82, 2.24) is 9.97 Å². The quantitative estimate of drug-likeness (QED) is 0.606. The minimum absolute atomic E-state index is 0.0113. The monoisotopic (exact) mass is 409 g/mol. The lowest BCUT2D eigenvalue weighted by molar-refractivity contribution is -0.341. The van der Waals surface area contributed by atoms with Gasteiger partial charge in [-0.1, -0.05) is 18.2 Å². The molecule has 1 N–H and O–H groups in total. The highest BCUT2D eigenvalue weighted by Crippen LogP contribution is 2.32. The Balaban J connectivity index is 1.68. The number of alkyl halides is 4. The summed E-state index contributed by atoms with van der Waals surface area (Å²) < 4.78 is 66.8. The first-order chi connectivity index (χ1) is 13.9. The zero-order valence-electron chi connectivity index (χ0n) is 14.8. The maximum absolute atomic E-state index is 14.2. The summed E-state index contributed by atoms with van der Waals surface area (Å²) in [4.78, 5) is 20.3. The zero-order chi connectivity index (χ0) is 20.7. The predicted molar refractivity (Wildman–Crippen MR) is 93.3 cm³/mol. The highest BCUT2D eigenvalue weighted by molar-refractivity contribution is 6.08. The number of hydrogen-bond donors (Lipinski definition) is 1. The molecule has 4 rings (SSSR count). The summed E-state index contributed by atoms with van der Waals surface area (Å²) in [6, 6.07) is 3.70. The molecule has 1 fully saturated rings. The number of carbonyl (C=O) groups is 1. The van der Waals surface area contributed by atoms with Crippen LogP contribution in [-0.4, -0.2) is 32.6 Å². The molecule has 150 valence electrons. The van der Waals surface area contributed by atoms with Gasteiger partial charge in [-0.3, -0.25) is 0 Å². The van der Waals surface area contributed by atoms with Crippen LogP contribution in [0.15, 0.2) is 24.5 Å². The van der Waals surface area contributed by atoms with Gasteiger partial charge in [-0.2, -0.15) is 0 Å². The van der Waals surface area contributed by atoms with Crippen molar-refractivity contribution in [2.24, 2.45) is 5.92 Å². The van der Waals surface area contributed by atoms with Crippen LogP contribution in [0.1, 0.15) is 24.0 Å². The number of anilines is 1. The van der Waals surface area contributed by atoms with E-state index in [0.717, 1.165) is 10.6 Å². The van der Waals surface area contributed by atoms with Gasteiger partial charge in [-0.15, -0.1) is 4.58 Å². The molecule has 1 aromatic carbocycles. The molecule has 10 heteroatoms. The van der Waals surface area contributed by atoms with Crippen LogP contribution in [0.4, 0.5) is 27.8 Å². The molecule has 1 atom stereocenters. The van der Waals surface area contributed by atoms with Gasteiger partial charge in [0.15, 0.2) is 11.9 Å². The minimum Gasteiger partial charge on any atom is -0.365 e. The van der Waals surface area contributed by atoms with Gasteiger partial charge in [0.1, 0.15) is 29.1 Å². The summed E-state index contributed by atoms with van der Waals surface area (Å²) in [7, 11) is 0. The summed E-state index contributed by atoms with van der Waals surface area (Å²) in [6.45, 7) is -0.145. The fourth-order valence-electron chi connectivity index (χ4n) is 3.16. The van der Waals surface area contributed by atoms with E-state index in [1.165, 1.54) is 30.7 Å². The van der Waals surface area contributed by atoms with Crippen molar-refractivity contribution < 1.29 is 31.3 Å². The highest BCUT2D eigenvalue weighted by Gasteiger charge is 2.49. The Morgan fingerprint density at radius 1 is 1.21 bits per heavy atom. The number of hydrogen-bond acceptors (Lipinski definition) is 4. The van der Waals surface area contributed by atoms with E-state index in [2.05, 4.69) is 15.3 Å². The lowest BCUT2D eigenvalue weighted by atomic mass is 10.1. The number of amides is 1. The number of carbonyl (C=O) groups excluding carboxylic acids is 1. The Hall–Kier alpha value is -3.17. The van der Waals surface area contributed by atoms with E-state index >= 15 is 0 Å². The van der Waals surface area contributed by atoms with E-state index in [1.54, 1.807) is 0 Å². The molecule has 1 amide bonds. The van der Waals surface area contributed by atoms with Gasteiger partial charge in [-0.25, -0.2) is 36.7 Å². The fourth-order valence-corrected chi connectivity index (χ4v) is 3.16. The van der Waals surface area contributed by atoms with Crippen molar-refractivity contribution in [2.75, 3.05) is 5.32 Å². The number of aromatic nitrogens is 2. The zero-order valence-corrected chi connectivity index (χ0v) is 14.8. The summed E-state index contributed by atoms with van der Waals surface area (Å²) in [5.74, 6) is -2.24. The van der Waals surface area contributed by atoms with Gasteiger partial charge in [0, 0.05) is 18.5 Å². The van der Waals surface area contributed by atoms with Crippen molar-refractivity contribution in [3.63, 3.8) is 0 Å². The molecule has 29 heavy (non-hydrogen) atoms. The first-order valence-corrected chi connectivity index (χ1v) is 8.67. The van der Waals surface area contributed by atoms with Crippen LogP contribution in [0, 0.1) is 11.7 Å². The summed E-state index contributed by atoms with van der Waals surface area (Å²) in [6.07, 6.45) is -1.62. The van der Waals surface area contributed by atoms with Crippen molar-refractivity contribution >= 4 is 29.7 Å². The van der Waals surface area contributed by atoms with Gasteiger partial charge < -0.3 is 5.32 Å². The van der Waals surface area contributed by atoms with Gasteiger partial charge in [0.05, 0.1) is 17.0 Å². The highest BCUT2D eigenvalue weighted by atomic mass is 19.3. The number of fused-ring (bicyclic) bond motifs is 1. The lowest BCUT2D eigenvalue weighted by Gasteiger charge is -2.10. The molecule has 1 saturated carbocycles. The Morgan fingerprint density at radius 2 is 2.00 bits per heavy atom. The average molecular weight is 409 g/mol. The number of halogens is 5. The van der Waals surface area contributed by atoms with Crippen molar-refractivity contribution in [2.45, 2.75) is 25.8 Å². The normalized spacial score (nSPS) is 20.4. The van der Waals surface area contributed by atoms with E-state index < -0.39 is 36.1 Å². The molecule has 0 bridgehead atoms. The maximum Gasteiger partial charge on any atom is 0.419 e. The largest absolute Gasteiger partial charge is 0.419 e. The molecule has 0 unspecified atom stereocenters. The van der Waals surface area contributed by atoms with Crippen LogP contribution < -0.4 is 15.9 Å². The Kier molecular flexibility index (Phi) is 4.85. The molecule has 0 radical (unpaired) electrons. The topological polar surface area (TPSA) is 57.9 Å². The van der Waals surface area contributed by atoms with Crippen LogP contribution in [0.5, 0.6) is 0 Å².